The van der Waals surface area contributed by atoms with Crippen LogP contribution in [0.25, 0.3) is 6.08 Å². The third-order valence-corrected chi connectivity index (χ3v) is 7.17. The van der Waals surface area contributed by atoms with Crippen molar-refractivity contribution < 1.29 is 18.0 Å². The number of anilines is 1. The van der Waals surface area contributed by atoms with Gasteiger partial charge in [-0.1, -0.05) is 23.7 Å². The molecular formula is C24H26ClN7O5S2. The molecule has 0 saturated heterocycles. The number of Topliss-reactive ketones (excluding diaryl/α,β-unsaturated/α-hetero) is 1. The van der Waals surface area contributed by atoms with Crippen LogP contribution in [0.1, 0.15) is 28.2 Å². The lowest BCUT2D eigenvalue weighted by atomic mass is 10.1. The first-order chi connectivity index (χ1) is 18.5. The van der Waals surface area contributed by atoms with E-state index in [9.17, 15) is 22.8 Å². The molecule has 2 heterocycles. The smallest absolute Gasteiger partial charge is 0.275 e. The number of pyridine rings is 1. The van der Waals surface area contributed by atoms with Gasteiger partial charge >= 0.3 is 0 Å². The molecule has 1 amide bonds. The molecule has 1 aromatic carbocycles. The van der Waals surface area contributed by atoms with Crippen LogP contribution in [0.4, 0.5) is 5.69 Å². The minimum atomic E-state index is -4.04. The molecule has 0 radical (unpaired) electrons. The van der Waals surface area contributed by atoms with Gasteiger partial charge in [0, 0.05) is 29.3 Å². The van der Waals surface area contributed by atoms with E-state index in [-0.39, 0.29) is 35.4 Å². The first-order valence-electron chi connectivity index (χ1n) is 11.5. The van der Waals surface area contributed by atoms with E-state index in [0.29, 0.717) is 17.0 Å². The highest BCUT2D eigenvalue weighted by Crippen LogP contribution is 2.13. The number of sulfonamides is 1. The lowest BCUT2D eigenvalue weighted by Crippen LogP contribution is -2.43. The monoisotopic (exact) mass is 591 g/mol. The van der Waals surface area contributed by atoms with E-state index in [2.05, 4.69) is 20.0 Å². The molecule has 0 aliphatic carbocycles. The van der Waals surface area contributed by atoms with Crippen LogP contribution in [0.2, 0.25) is 5.02 Å². The molecule has 1 atom stereocenters. The van der Waals surface area contributed by atoms with Crippen LogP contribution in [-0.4, -0.2) is 48.2 Å². The van der Waals surface area contributed by atoms with Crippen molar-refractivity contribution >= 4 is 62.4 Å². The number of nitrogens with one attached hydrogen (secondary N) is 2. The number of carbonyl (C=O) groups excluding carboxylic acids is 2. The van der Waals surface area contributed by atoms with Crippen LogP contribution in [0.3, 0.4) is 0 Å². The summed E-state index contributed by atoms with van der Waals surface area (Å²) in [5, 5.41) is 5.91. The molecule has 6 N–H and O–H groups in total. The number of guanidine groups is 1. The summed E-state index contributed by atoms with van der Waals surface area (Å²) in [5.74, 6) is -1.10. The predicted molar refractivity (Wildman–Crippen MR) is 152 cm³/mol. The number of carbonyl (C=O) groups is 2. The highest BCUT2D eigenvalue weighted by molar-refractivity contribution is 7.95. The highest BCUT2D eigenvalue weighted by atomic mass is 35.5. The fourth-order valence-electron chi connectivity index (χ4n) is 3.33. The molecule has 39 heavy (non-hydrogen) atoms. The summed E-state index contributed by atoms with van der Waals surface area (Å²) < 4.78 is 28.2. The second-order valence-corrected chi connectivity index (χ2v) is 11.0. The third kappa shape index (κ3) is 9.35. The SMILES string of the molecule is NC(N)=NCCCC(NC(=O)Cn1cccc(NS(=O)(=O)/C=C/c2ccc(Cl)cc2)c1=O)C(=O)c1nccs1. The van der Waals surface area contributed by atoms with Crippen LogP contribution in [0, 0.1) is 0 Å². The Morgan fingerprint density at radius 1 is 1.21 bits per heavy atom. The topological polar surface area (TPSA) is 192 Å². The van der Waals surface area contributed by atoms with Gasteiger partial charge in [0.25, 0.3) is 15.6 Å². The van der Waals surface area contributed by atoms with Gasteiger partial charge in [-0.3, -0.25) is 24.1 Å². The maximum absolute atomic E-state index is 12.9. The zero-order valence-electron chi connectivity index (χ0n) is 20.5. The first-order valence-corrected chi connectivity index (χ1v) is 14.3. The number of aliphatic imine (C=N–C) groups is 1. The number of nitrogens with two attached hydrogens (primary N) is 2. The van der Waals surface area contributed by atoms with E-state index in [1.807, 2.05) is 0 Å². The Balaban J connectivity index is 1.69. The second kappa shape index (κ2) is 13.7. The maximum atomic E-state index is 12.9. The number of ketones is 1. The quantitative estimate of drug-likeness (QED) is 0.1000. The van der Waals surface area contributed by atoms with Crippen molar-refractivity contribution in [2.45, 2.75) is 25.4 Å². The molecule has 0 aliphatic rings. The van der Waals surface area contributed by atoms with E-state index in [4.69, 9.17) is 23.1 Å². The minimum Gasteiger partial charge on any atom is -0.370 e. The Hall–Kier alpha value is -4.01. The molecular weight excluding hydrogens is 566 g/mol. The number of benzene rings is 1. The summed E-state index contributed by atoms with van der Waals surface area (Å²) in [4.78, 5) is 46.4. The van der Waals surface area contributed by atoms with Crippen molar-refractivity contribution in [3.8, 4) is 0 Å². The predicted octanol–water partition coefficient (Wildman–Crippen LogP) is 1.79. The van der Waals surface area contributed by atoms with Gasteiger partial charge in [-0.15, -0.1) is 11.3 Å². The van der Waals surface area contributed by atoms with Crippen molar-refractivity contribution in [3.63, 3.8) is 0 Å². The van der Waals surface area contributed by atoms with Crippen LogP contribution >= 0.6 is 22.9 Å². The van der Waals surface area contributed by atoms with E-state index in [1.165, 1.54) is 30.6 Å². The molecule has 0 saturated carbocycles. The number of amides is 1. The van der Waals surface area contributed by atoms with Gasteiger partial charge < -0.3 is 21.4 Å². The summed E-state index contributed by atoms with van der Waals surface area (Å²) in [6.45, 7) is -0.196. The summed E-state index contributed by atoms with van der Waals surface area (Å²) in [6.07, 6.45) is 4.79. The molecule has 1 unspecified atom stereocenters. The van der Waals surface area contributed by atoms with Crippen molar-refractivity contribution in [3.05, 3.63) is 85.5 Å². The molecule has 2 aromatic heterocycles. The van der Waals surface area contributed by atoms with E-state index >= 15 is 0 Å². The molecule has 0 aliphatic heterocycles. The lowest BCUT2D eigenvalue weighted by molar-refractivity contribution is -0.122. The zero-order chi connectivity index (χ0) is 28.4. The van der Waals surface area contributed by atoms with E-state index < -0.39 is 34.1 Å². The summed E-state index contributed by atoms with van der Waals surface area (Å²) in [5.41, 5.74) is 10.2. The number of aromatic nitrogens is 2. The van der Waals surface area contributed by atoms with E-state index in [0.717, 1.165) is 21.3 Å². The molecule has 3 aromatic rings. The fourth-order valence-corrected chi connectivity index (χ4v) is 4.95. The molecule has 15 heteroatoms. The highest BCUT2D eigenvalue weighted by Gasteiger charge is 2.24. The minimum absolute atomic E-state index is 0.0859. The van der Waals surface area contributed by atoms with Crippen LogP contribution in [0.5, 0.6) is 0 Å². The first kappa shape index (κ1) is 29.5. The molecule has 12 nitrogen and oxygen atoms in total. The second-order valence-electron chi connectivity index (χ2n) is 8.13. The van der Waals surface area contributed by atoms with Gasteiger partial charge in [0.1, 0.15) is 12.2 Å². The standard InChI is InChI=1S/C24H26ClN7O5S2/c25-17-7-5-16(6-8-17)9-14-39(36,37)31-19-4-2-12-32(23(19)35)15-20(33)30-18(3-1-10-29-24(26)27)21(34)22-28-11-13-38-22/h2,4-9,11-14,18,31H,1,3,10,15H2,(H,30,33)(H4,26,27,29)/b14-9+. The Kier molecular flexibility index (Phi) is 10.4. The lowest BCUT2D eigenvalue weighted by Gasteiger charge is -2.17. The Labute approximate surface area is 233 Å². The van der Waals surface area contributed by atoms with Crippen LogP contribution in [0.15, 0.2) is 69.4 Å². The number of halogens is 1. The summed E-state index contributed by atoms with van der Waals surface area (Å²) in [6, 6.07) is 8.27. The maximum Gasteiger partial charge on any atom is 0.275 e. The van der Waals surface area contributed by atoms with Gasteiger partial charge in [0.15, 0.2) is 11.0 Å². The normalized spacial score (nSPS) is 12.1. The van der Waals surface area contributed by atoms with Crippen molar-refractivity contribution in [1.82, 2.24) is 14.9 Å². The average Bonchev–Trinajstić information content (AvgIpc) is 3.42. The molecule has 3 rings (SSSR count). The largest absolute Gasteiger partial charge is 0.370 e. The third-order valence-electron chi connectivity index (χ3n) is 5.14. The van der Waals surface area contributed by atoms with Gasteiger partial charge in [0.2, 0.25) is 11.7 Å². The van der Waals surface area contributed by atoms with Crippen LogP contribution in [-0.2, 0) is 21.4 Å². The number of rotatable bonds is 13. The number of thiazole rings is 1. The molecule has 206 valence electrons. The molecule has 0 bridgehead atoms. The van der Waals surface area contributed by atoms with Gasteiger partial charge in [-0.2, -0.15) is 0 Å². The van der Waals surface area contributed by atoms with Crippen LogP contribution < -0.4 is 27.1 Å². The van der Waals surface area contributed by atoms with Crippen molar-refractivity contribution in [2.75, 3.05) is 11.3 Å². The number of hydrogen-bond donors (Lipinski definition) is 4. The van der Waals surface area contributed by atoms with Gasteiger partial charge in [-0.25, -0.2) is 13.4 Å². The zero-order valence-corrected chi connectivity index (χ0v) is 22.9. The summed E-state index contributed by atoms with van der Waals surface area (Å²) in [7, 11) is -4.04. The number of nitrogens with zero attached hydrogens (tertiary/aromatic N) is 3. The average molecular weight is 592 g/mol. The fraction of sp³-hybridized carbons (Fsp3) is 0.208. The Bertz CT molecular complexity index is 1510. The van der Waals surface area contributed by atoms with Gasteiger partial charge in [0.05, 0.1) is 11.4 Å². The van der Waals surface area contributed by atoms with E-state index in [1.54, 1.807) is 29.6 Å². The molecule has 0 spiro atoms. The Morgan fingerprint density at radius 2 is 1.95 bits per heavy atom. The van der Waals surface area contributed by atoms with Gasteiger partial charge in [-0.05, 0) is 48.7 Å². The summed E-state index contributed by atoms with van der Waals surface area (Å²) >= 11 is 6.97. The Morgan fingerprint density at radius 3 is 2.62 bits per heavy atom. The van der Waals surface area contributed by atoms with Crippen molar-refractivity contribution in [2.24, 2.45) is 16.5 Å². The number of hydrogen-bond acceptors (Lipinski definition) is 8. The van der Waals surface area contributed by atoms with Crippen molar-refractivity contribution in [1.29, 1.82) is 0 Å². The molecule has 0 fully saturated rings.